The minimum Gasteiger partial charge on any atom is -0.391 e. The third-order valence-electron chi connectivity index (χ3n) is 2.33. The molecule has 0 radical (unpaired) electrons. The van der Waals surface area contributed by atoms with Crippen molar-refractivity contribution in [3.8, 4) is 0 Å². The Morgan fingerprint density at radius 3 is 2.31 bits per heavy atom. The fourth-order valence-corrected chi connectivity index (χ4v) is 1.20. The Labute approximate surface area is 82.3 Å². The van der Waals surface area contributed by atoms with Gasteiger partial charge in [-0.2, -0.15) is 0 Å². The highest BCUT2D eigenvalue weighted by molar-refractivity contribution is 4.57. The van der Waals surface area contributed by atoms with E-state index in [1.54, 1.807) is 0 Å². The summed E-state index contributed by atoms with van der Waals surface area (Å²) in [6.45, 7) is 6.80. The lowest BCUT2D eigenvalue weighted by Gasteiger charge is -2.17. The van der Waals surface area contributed by atoms with Crippen LogP contribution >= 0.6 is 0 Å². The van der Waals surface area contributed by atoms with E-state index in [9.17, 15) is 5.11 Å². The van der Waals surface area contributed by atoms with Crippen LogP contribution in [-0.4, -0.2) is 23.9 Å². The summed E-state index contributed by atoms with van der Waals surface area (Å²) >= 11 is 0. The first kappa shape index (κ1) is 12.9. The second kappa shape index (κ2) is 8.52. The van der Waals surface area contributed by atoms with Crippen LogP contribution in [0.3, 0.4) is 0 Å². The third-order valence-corrected chi connectivity index (χ3v) is 2.33. The Bertz CT molecular complexity index is 104. The van der Waals surface area contributed by atoms with Gasteiger partial charge in [-0.15, -0.1) is 0 Å². The molecule has 0 aromatic heterocycles. The van der Waals surface area contributed by atoms with Crippen LogP contribution in [0, 0.1) is 0 Å². The SMILES string of the molecule is CCCC[C@H](CC)OCC(O)CC. The molecule has 0 aliphatic heterocycles. The van der Waals surface area contributed by atoms with Gasteiger partial charge in [0.25, 0.3) is 0 Å². The van der Waals surface area contributed by atoms with Gasteiger partial charge >= 0.3 is 0 Å². The molecular weight excluding hydrogens is 164 g/mol. The van der Waals surface area contributed by atoms with Crippen molar-refractivity contribution in [2.24, 2.45) is 0 Å². The first-order valence-electron chi connectivity index (χ1n) is 5.54. The summed E-state index contributed by atoms with van der Waals surface area (Å²) < 4.78 is 5.60. The molecule has 80 valence electrons. The third kappa shape index (κ3) is 7.03. The topological polar surface area (TPSA) is 29.5 Å². The molecule has 2 nitrogen and oxygen atoms in total. The monoisotopic (exact) mass is 188 g/mol. The van der Waals surface area contributed by atoms with Crippen LogP contribution < -0.4 is 0 Å². The Morgan fingerprint density at radius 1 is 1.15 bits per heavy atom. The van der Waals surface area contributed by atoms with Gasteiger partial charge in [0.15, 0.2) is 0 Å². The molecular formula is C11H24O2. The quantitative estimate of drug-likeness (QED) is 0.634. The molecule has 0 aliphatic carbocycles. The minimum atomic E-state index is -0.282. The smallest absolute Gasteiger partial charge is 0.0771 e. The van der Waals surface area contributed by atoms with Gasteiger partial charge in [0, 0.05) is 0 Å². The molecule has 0 rings (SSSR count). The number of unbranched alkanes of at least 4 members (excludes halogenated alkanes) is 1. The maximum Gasteiger partial charge on any atom is 0.0771 e. The summed E-state index contributed by atoms with van der Waals surface area (Å²) in [4.78, 5) is 0. The number of hydrogen-bond acceptors (Lipinski definition) is 2. The van der Waals surface area contributed by atoms with Crippen molar-refractivity contribution in [1.82, 2.24) is 0 Å². The van der Waals surface area contributed by atoms with E-state index in [-0.39, 0.29) is 6.10 Å². The van der Waals surface area contributed by atoms with Crippen LogP contribution in [0.1, 0.15) is 52.9 Å². The summed E-state index contributed by atoms with van der Waals surface area (Å²) in [5.41, 5.74) is 0. The van der Waals surface area contributed by atoms with E-state index in [1.807, 2.05) is 6.92 Å². The van der Waals surface area contributed by atoms with Crippen molar-refractivity contribution >= 4 is 0 Å². The predicted molar refractivity (Wildman–Crippen MR) is 55.9 cm³/mol. The summed E-state index contributed by atoms with van der Waals surface area (Å²) in [7, 11) is 0. The van der Waals surface area contributed by atoms with Gasteiger partial charge < -0.3 is 9.84 Å². The maximum absolute atomic E-state index is 9.30. The van der Waals surface area contributed by atoms with E-state index < -0.39 is 0 Å². The number of aliphatic hydroxyl groups is 1. The van der Waals surface area contributed by atoms with Crippen LogP contribution in [0.15, 0.2) is 0 Å². The van der Waals surface area contributed by atoms with Crippen molar-refractivity contribution in [2.45, 2.75) is 65.1 Å². The minimum absolute atomic E-state index is 0.282. The first-order chi connectivity index (χ1) is 6.24. The fraction of sp³-hybridized carbons (Fsp3) is 1.00. The zero-order valence-electron chi connectivity index (χ0n) is 9.25. The van der Waals surface area contributed by atoms with E-state index in [1.165, 1.54) is 12.8 Å². The second-order valence-electron chi connectivity index (χ2n) is 3.57. The highest BCUT2D eigenvalue weighted by atomic mass is 16.5. The molecule has 2 heteroatoms. The lowest BCUT2D eigenvalue weighted by Crippen LogP contribution is -2.20. The highest BCUT2D eigenvalue weighted by Crippen LogP contribution is 2.09. The lowest BCUT2D eigenvalue weighted by molar-refractivity contribution is -0.0157. The van der Waals surface area contributed by atoms with Crippen molar-refractivity contribution in [2.75, 3.05) is 6.61 Å². The first-order valence-corrected chi connectivity index (χ1v) is 5.54. The average molecular weight is 188 g/mol. The van der Waals surface area contributed by atoms with Gasteiger partial charge in [0.2, 0.25) is 0 Å². The molecule has 0 aliphatic rings. The summed E-state index contributed by atoms with van der Waals surface area (Å²) in [6.07, 6.45) is 5.47. The molecule has 0 saturated heterocycles. The molecule has 0 heterocycles. The largest absolute Gasteiger partial charge is 0.391 e. The van der Waals surface area contributed by atoms with Crippen LogP contribution in [-0.2, 0) is 4.74 Å². The summed E-state index contributed by atoms with van der Waals surface area (Å²) in [5.74, 6) is 0. The number of ether oxygens (including phenoxy) is 1. The van der Waals surface area contributed by atoms with Crippen LogP contribution in [0.25, 0.3) is 0 Å². The van der Waals surface area contributed by atoms with Crippen LogP contribution in [0.4, 0.5) is 0 Å². The van der Waals surface area contributed by atoms with Crippen molar-refractivity contribution < 1.29 is 9.84 Å². The van der Waals surface area contributed by atoms with E-state index in [0.717, 1.165) is 19.3 Å². The normalized spacial score (nSPS) is 15.7. The molecule has 0 fully saturated rings. The summed E-state index contributed by atoms with van der Waals surface area (Å²) in [6, 6.07) is 0. The summed E-state index contributed by atoms with van der Waals surface area (Å²) in [5, 5.41) is 9.30. The van der Waals surface area contributed by atoms with E-state index in [0.29, 0.717) is 12.7 Å². The number of hydrogen-bond donors (Lipinski definition) is 1. The van der Waals surface area contributed by atoms with Crippen molar-refractivity contribution in [3.05, 3.63) is 0 Å². The van der Waals surface area contributed by atoms with Gasteiger partial charge in [-0.05, 0) is 19.3 Å². The highest BCUT2D eigenvalue weighted by Gasteiger charge is 2.08. The average Bonchev–Trinajstić information content (AvgIpc) is 2.17. The molecule has 2 atom stereocenters. The molecule has 13 heavy (non-hydrogen) atoms. The van der Waals surface area contributed by atoms with Gasteiger partial charge in [-0.25, -0.2) is 0 Å². The van der Waals surface area contributed by atoms with Gasteiger partial charge in [0.05, 0.1) is 18.8 Å². The standard InChI is InChI=1S/C11H24O2/c1-4-7-8-11(6-3)13-9-10(12)5-2/h10-12H,4-9H2,1-3H3/t10?,11-/m0/s1. The molecule has 1 N–H and O–H groups in total. The van der Waals surface area contributed by atoms with Crippen molar-refractivity contribution in [3.63, 3.8) is 0 Å². The Kier molecular flexibility index (Phi) is 8.46. The van der Waals surface area contributed by atoms with Gasteiger partial charge in [0.1, 0.15) is 0 Å². The molecule has 0 spiro atoms. The number of rotatable bonds is 8. The van der Waals surface area contributed by atoms with E-state index in [4.69, 9.17) is 4.74 Å². The molecule has 0 aromatic carbocycles. The predicted octanol–water partition coefficient (Wildman–Crippen LogP) is 2.74. The maximum atomic E-state index is 9.30. The number of aliphatic hydroxyl groups excluding tert-OH is 1. The fourth-order valence-electron chi connectivity index (χ4n) is 1.20. The van der Waals surface area contributed by atoms with Crippen LogP contribution in [0.2, 0.25) is 0 Å². The Hall–Kier alpha value is -0.0800. The van der Waals surface area contributed by atoms with Crippen LogP contribution in [0.5, 0.6) is 0 Å². The zero-order chi connectivity index (χ0) is 10.1. The lowest BCUT2D eigenvalue weighted by atomic mass is 10.1. The molecule has 0 aromatic rings. The molecule has 1 unspecified atom stereocenters. The Balaban J connectivity index is 3.46. The van der Waals surface area contributed by atoms with Gasteiger partial charge in [-0.3, -0.25) is 0 Å². The Morgan fingerprint density at radius 2 is 1.85 bits per heavy atom. The van der Waals surface area contributed by atoms with Gasteiger partial charge in [-0.1, -0.05) is 33.6 Å². The molecule has 0 amide bonds. The zero-order valence-corrected chi connectivity index (χ0v) is 9.25. The van der Waals surface area contributed by atoms with E-state index in [2.05, 4.69) is 13.8 Å². The molecule has 0 bridgehead atoms. The van der Waals surface area contributed by atoms with E-state index >= 15 is 0 Å². The second-order valence-corrected chi connectivity index (χ2v) is 3.57. The van der Waals surface area contributed by atoms with Crippen molar-refractivity contribution in [1.29, 1.82) is 0 Å². The molecule has 0 saturated carbocycles.